The van der Waals surface area contributed by atoms with Gasteiger partial charge in [-0.05, 0) is 31.5 Å². The number of nitrogens with zero attached hydrogens (tertiary/aromatic N) is 2. The number of methoxy groups -OCH3 is 1. The number of benzene rings is 1. The molecule has 2 aromatic rings. The molecule has 3 nitrogen and oxygen atoms in total. The average Bonchev–Trinajstić information content (AvgIpc) is 2.35. The lowest BCUT2D eigenvalue weighted by atomic mass is 10.1. The summed E-state index contributed by atoms with van der Waals surface area (Å²) in [6, 6.07) is 5.77. The highest BCUT2D eigenvalue weighted by Gasteiger charge is 2.13. The fraction of sp³-hybridized carbons (Fsp3) is 0.231. The molecule has 1 aromatic carbocycles. The lowest BCUT2D eigenvalue weighted by molar-refractivity contribution is 0.416. The number of hydrogen-bond donors (Lipinski definition) is 0. The maximum absolute atomic E-state index is 6.02. The van der Waals surface area contributed by atoms with Crippen LogP contribution in [0.3, 0.4) is 0 Å². The van der Waals surface area contributed by atoms with E-state index in [2.05, 4.69) is 9.97 Å². The fourth-order valence-electron chi connectivity index (χ4n) is 1.57. The number of ether oxygens (including phenoxy) is 1. The highest BCUT2D eigenvalue weighted by molar-refractivity contribution is 6.34. The first-order valence-electron chi connectivity index (χ1n) is 5.37. The molecule has 0 saturated carbocycles. The van der Waals surface area contributed by atoms with Crippen molar-refractivity contribution in [3.8, 4) is 17.1 Å². The molecule has 0 atom stereocenters. The number of hydrogen-bond acceptors (Lipinski definition) is 3. The van der Waals surface area contributed by atoms with Gasteiger partial charge in [0.25, 0.3) is 0 Å². The van der Waals surface area contributed by atoms with Gasteiger partial charge in [0.05, 0.1) is 12.7 Å². The summed E-state index contributed by atoms with van der Waals surface area (Å²) in [6.07, 6.45) is 0. The van der Waals surface area contributed by atoms with Crippen LogP contribution in [0.15, 0.2) is 18.2 Å². The van der Waals surface area contributed by atoms with Gasteiger partial charge in [0.2, 0.25) is 0 Å². The molecule has 1 aromatic heterocycles. The Morgan fingerprint density at radius 2 is 1.67 bits per heavy atom. The minimum absolute atomic E-state index is 0.354. The molecule has 1 heterocycles. The summed E-state index contributed by atoms with van der Waals surface area (Å²) in [4.78, 5) is 8.46. The van der Waals surface area contributed by atoms with Gasteiger partial charge in [-0.15, -0.1) is 0 Å². The average molecular weight is 283 g/mol. The van der Waals surface area contributed by atoms with Crippen molar-refractivity contribution >= 4 is 23.2 Å². The topological polar surface area (TPSA) is 35.0 Å². The van der Waals surface area contributed by atoms with Crippen LogP contribution in [0, 0.1) is 13.8 Å². The zero-order valence-electron chi connectivity index (χ0n) is 10.3. The minimum Gasteiger partial charge on any atom is -0.496 e. The van der Waals surface area contributed by atoms with Gasteiger partial charge in [0, 0.05) is 5.56 Å². The van der Waals surface area contributed by atoms with E-state index in [-0.39, 0.29) is 0 Å². The fourth-order valence-corrected chi connectivity index (χ4v) is 1.95. The van der Waals surface area contributed by atoms with E-state index >= 15 is 0 Å². The second-order valence-corrected chi connectivity index (χ2v) is 4.67. The van der Waals surface area contributed by atoms with Crippen molar-refractivity contribution in [2.75, 3.05) is 7.11 Å². The summed E-state index contributed by atoms with van der Waals surface area (Å²) >= 11 is 12.0. The van der Waals surface area contributed by atoms with Gasteiger partial charge in [0.1, 0.15) is 16.1 Å². The predicted octanol–water partition coefficient (Wildman–Crippen LogP) is 4.08. The second kappa shape index (κ2) is 5.12. The normalized spacial score (nSPS) is 10.5. The Labute approximate surface area is 116 Å². The van der Waals surface area contributed by atoms with E-state index in [0.717, 1.165) is 11.1 Å². The molecule has 0 saturated heterocycles. The monoisotopic (exact) mass is 282 g/mol. The quantitative estimate of drug-likeness (QED) is 0.779. The Morgan fingerprint density at radius 1 is 1.06 bits per heavy atom. The third kappa shape index (κ3) is 2.42. The van der Waals surface area contributed by atoms with E-state index < -0.39 is 0 Å². The van der Waals surface area contributed by atoms with Crippen molar-refractivity contribution in [1.29, 1.82) is 0 Å². The predicted molar refractivity (Wildman–Crippen MR) is 73.5 cm³/mol. The molecule has 0 spiro atoms. The first-order chi connectivity index (χ1) is 8.52. The van der Waals surface area contributed by atoms with Gasteiger partial charge in [-0.2, -0.15) is 0 Å². The summed E-state index contributed by atoms with van der Waals surface area (Å²) in [6.45, 7) is 3.77. The Kier molecular flexibility index (Phi) is 3.73. The van der Waals surface area contributed by atoms with Crippen LogP contribution in [0.5, 0.6) is 5.75 Å². The van der Waals surface area contributed by atoms with Crippen LogP contribution in [0.2, 0.25) is 10.3 Å². The van der Waals surface area contributed by atoms with Crippen molar-refractivity contribution in [2.45, 2.75) is 13.8 Å². The van der Waals surface area contributed by atoms with Gasteiger partial charge >= 0.3 is 0 Å². The van der Waals surface area contributed by atoms with Gasteiger partial charge < -0.3 is 4.74 Å². The Balaban J connectivity index is 2.62. The smallest absolute Gasteiger partial charge is 0.166 e. The molecule has 0 bridgehead atoms. The molecule has 0 fully saturated rings. The van der Waals surface area contributed by atoms with Crippen LogP contribution in [0.4, 0.5) is 0 Å². The number of aromatic nitrogens is 2. The summed E-state index contributed by atoms with van der Waals surface area (Å²) in [5.74, 6) is 1.17. The van der Waals surface area contributed by atoms with Gasteiger partial charge in [0.15, 0.2) is 5.82 Å². The zero-order valence-corrected chi connectivity index (χ0v) is 11.8. The van der Waals surface area contributed by atoms with Crippen LogP contribution in [0.25, 0.3) is 11.4 Å². The summed E-state index contributed by atoms with van der Waals surface area (Å²) < 4.78 is 5.32. The van der Waals surface area contributed by atoms with Crippen molar-refractivity contribution in [1.82, 2.24) is 9.97 Å². The van der Waals surface area contributed by atoms with Crippen LogP contribution in [-0.4, -0.2) is 17.1 Å². The molecular formula is C13H12Cl2N2O. The third-order valence-corrected chi connectivity index (χ3v) is 3.36. The van der Waals surface area contributed by atoms with Crippen molar-refractivity contribution in [2.24, 2.45) is 0 Å². The maximum Gasteiger partial charge on any atom is 0.166 e. The minimum atomic E-state index is 0.354. The maximum atomic E-state index is 6.02. The first kappa shape index (κ1) is 13.1. The van der Waals surface area contributed by atoms with Crippen LogP contribution >= 0.6 is 23.2 Å². The molecule has 18 heavy (non-hydrogen) atoms. The number of aryl methyl sites for hydroxylation is 1. The summed E-state index contributed by atoms with van der Waals surface area (Å²) in [7, 11) is 1.61. The van der Waals surface area contributed by atoms with Gasteiger partial charge in [-0.25, -0.2) is 9.97 Å². The van der Waals surface area contributed by atoms with Gasteiger partial charge in [-0.1, -0.05) is 29.3 Å². The molecule has 0 N–H and O–H groups in total. The Hall–Kier alpha value is -1.32. The van der Waals surface area contributed by atoms with Crippen LogP contribution < -0.4 is 4.74 Å². The standard InChI is InChI=1S/C13H12Cl2N2O/c1-7-4-5-9(10(6-7)18-3)13-16-11(14)8(2)12(15)17-13/h4-6H,1-3H3. The van der Waals surface area contributed by atoms with E-state index in [4.69, 9.17) is 27.9 Å². The molecule has 0 amide bonds. The second-order valence-electron chi connectivity index (χ2n) is 3.96. The van der Waals surface area contributed by atoms with E-state index in [1.54, 1.807) is 14.0 Å². The molecule has 5 heteroatoms. The van der Waals surface area contributed by atoms with Crippen molar-refractivity contribution in [3.05, 3.63) is 39.6 Å². The third-order valence-electron chi connectivity index (χ3n) is 2.62. The van der Waals surface area contributed by atoms with Gasteiger partial charge in [-0.3, -0.25) is 0 Å². The summed E-state index contributed by atoms with van der Waals surface area (Å²) in [5.41, 5.74) is 2.54. The Bertz CT molecular complexity index is 577. The number of rotatable bonds is 2. The highest BCUT2D eigenvalue weighted by atomic mass is 35.5. The summed E-state index contributed by atoms with van der Waals surface area (Å²) in [5, 5.41) is 0.709. The van der Waals surface area contributed by atoms with E-state index in [0.29, 0.717) is 27.4 Å². The lowest BCUT2D eigenvalue weighted by Crippen LogP contribution is -1.96. The lowest BCUT2D eigenvalue weighted by Gasteiger charge is -2.09. The Morgan fingerprint density at radius 3 is 2.22 bits per heavy atom. The SMILES string of the molecule is COc1cc(C)ccc1-c1nc(Cl)c(C)c(Cl)n1. The molecule has 94 valence electrons. The molecule has 0 radical (unpaired) electrons. The number of halogens is 2. The first-order valence-corrected chi connectivity index (χ1v) is 6.13. The van der Waals surface area contributed by atoms with Crippen molar-refractivity contribution < 1.29 is 4.74 Å². The molecule has 0 aliphatic carbocycles. The molecule has 2 rings (SSSR count). The molecule has 0 aliphatic heterocycles. The molecule has 0 aliphatic rings. The molecular weight excluding hydrogens is 271 g/mol. The van der Waals surface area contributed by atoms with Crippen LogP contribution in [0.1, 0.15) is 11.1 Å². The van der Waals surface area contributed by atoms with E-state index in [1.807, 2.05) is 25.1 Å². The van der Waals surface area contributed by atoms with Crippen LogP contribution in [-0.2, 0) is 0 Å². The highest BCUT2D eigenvalue weighted by Crippen LogP contribution is 2.31. The largest absolute Gasteiger partial charge is 0.496 e. The zero-order chi connectivity index (χ0) is 13.3. The van der Waals surface area contributed by atoms with E-state index in [9.17, 15) is 0 Å². The van der Waals surface area contributed by atoms with E-state index in [1.165, 1.54) is 0 Å². The molecule has 0 unspecified atom stereocenters. The van der Waals surface area contributed by atoms with Crippen molar-refractivity contribution in [3.63, 3.8) is 0 Å².